The van der Waals surface area contributed by atoms with Gasteiger partial charge in [0.1, 0.15) is 12.4 Å². The first-order valence-corrected chi connectivity index (χ1v) is 12.1. The van der Waals surface area contributed by atoms with Gasteiger partial charge in [0.2, 0.25) is 5.92 Å². The summed E-state index contributed by atoms with van der Waals surface area (Å²) >= 11 is 0. The average Bonchev–Trinajstić information content (AvgIpc) is 2.77. The maximum Gasteiger partial charge on any atom is 0.333 e. The zero-order chi connectivity index (χ0) is 25.4. The van der Waals surface area contributed by atoms with Crippen LogP contribution in [0.2, 0.25) is 0 Å². The molecule has 0 fully saturated rings. The molecule has 1 aromatic rings. The van der Waals surface area contributed by atoms with Gasteiger partial charge in [-0.2, -0.15) is 0 Å². The number of urea groups is 1. The molecular formula is C25H40F2N2O5. The molecule has 1 unspecified atom stereocenters. The van der Waals surface area contributed by atoms with Crippen molar-refractivity contribution in [2.75, 3.05) is 32.8 Å². The highest BCUT2D eigenvalue weighted by Crippen LogP contribution is 2.20. The van der Waals surface area contributed by atoms with Gasteiger partial charge in [-0.25, -0.2) is 18.4 Å². The zero-order valence-corrected chi connectivity index (χ0v) is 20.7. The summed E-state index contributed by atoms with van der Waals surface area (Å²) in [7, 11) is 0. The Morgan fingerprint density at radius 2 is 1.79 bits per heavy atom. The van der Waals surface area contributed by atoms with Crippen LogP contribution >= 0.6 is 0 Å². The van der Waals surface area contributed by atoms with Crippen LogP contribution in [0.4, 0.5) is 13.6 Å². The minimum absolute atomic E-state index is 0.146. The first-order valence-electron chi connectivity index (χ1n) is 12.1. The smallest absolute Gasteiger partial charge is 0.333 e. The van der Waals surface area contributed by atoms with Crippen LogP contribution in [-0.4, -0.2) is 66.9 Å². The molecule has 1 aromatic carbocycles. The van der Waals surface area contributed by atoms with Crippen LogP contribution in [0, 0.1) is 0 Å². The molecule has 194 valence electrons. The fourth-order valence-electron chi connectivity index (χ4n) is 3.34. The molecule has 0 saturated heterocycles. The highest BCUT2D eigenvalue weighted by atomic mass is 19.3. The number of carbonyl (C=O) groups excluding carboxylic acids is 1. The molecule has 2 N–H and O–H groups in total. The summed E-state index contributed by atoms with van der Waals surface area (Å²) in [6.07, 6.45) is 2.79. The van der Waals surface area contributed by atoms with Gasteiger partial charge in [-0.15, -0.1) is 0 Å². The molecule has 0 aliphatic carbocycles. The maximum atomic E-state index is 13.0. The topological polar surface area (TPSA) is 88.1 Å². The number of carboxylic acid groups (broad SMARTS) is 1. The Hall–Kier alpha value is -2.42. The number of unbranched alkanes of at least 4 members (excludes halogenated alkanes) is 3. The van der Waals surface area contributed by atoms with Gasteiger partial charge in [0.15, 0.2) is 6.10 Å². The number of amides is 2. The van der Waals surface area contributed by atoms with Crippen molar-refractivity contribution < 1.29 is 33.0 Å². The quantitative estimate of drug-likeness (QED) is 0.281. The Bertz CT molecular complexity index is 710. The van der Waals surface area contributed by atoms with Crippen molar-refractivity contribution in [2.24, 2.45) is 0 Å². The molecule has 0 aromatic heterocycles. The monoisotopic (exact) mass is 486 g/mol. The number of carboxylic acids is 1. The fraction of sp³-hybridized carbons (Fsp3) is 0.680. The summed E-state index contributed by atoms with van der Waals surface area (Å²) in [5.41, 5.74) is 0.822. The van der Waals surface area contributed by atoms with E-state index in [2.05, 4.69) is 5.32 Å². The van der Waals surface area contributed by atoms with Crippen molar-refractivity contribution in [1.82, 2.24) is 10.2 Å². The Morgan fingerprint density at radius 1 is 1.09 bits per heavy atom. The molecule has 0 heterocycles. The largest absolute Gasteiger partial charge is 0.492 e. The molecule has 0 aliphatic heterocycles. The summed E-state index contributed by atoms with van der Waals surface area (Å²) in [6.45, 7) is 6.77. The molecular weight excluding hydrogens is 446 g/mol. The van der Waals surface area contributed by atoms with Gasteiger partial charge in [0.25, 0.3) is 0 Å². The van der Waals surface area contributed by atoms with Gasteiger partial charge in [-0.1, -0.05) is 31.9 Å². The lowest BCUT2D eigenvalue weighted by molar-refractivity contribution is -0.149. The number of hydrogen-bond acceptors (Lipinski definition) is 4. The van der Waals surface area contributed by atoms with Gasteiger partial charge in [-0.3, -0.25) is 0 Å². The second-order valence-electron chi connectivity index (χ2n) is 8.43. The van der Waals surface area contributed by atoms with Crippen LogP contribution in [0.5, 0.6) is 5.75 Å². The van der Waals surface area contributed by atoms with E-state index in [0.29, 0.717) is 51.3 Å². The van der Waals surface area contributed by atoms with Gasteiger partial charge >= 0.3 is 12.0 Å². The molecule has 0 aliphatic rings. The fourth-order valence-corrected chi connectivity index (χ4v) is 3.34. The van der Waals surface area contributed by atoms with Crippen molar-refractivity contribution in [3.8, 4) is 5.75 Å². The van der Waals surface area contributed by atoms with Crippen LogP contribution in [0.15, 0.2) is 24.3 Å². The second-order valence-corrected chi connectivity index (χ2v) is 8.43. The number of carbonyl (C=O) groups is 2. The molecule has 0 spiro atoms. The van der Waals surface area contributed by atoms with Crippen LogP contribution in [0.3, 0.4) is 0 Å². The molecule has 0 saturated carbocycles. The summed E-state index contributed by atoms with van der Waals surface area (Å²) in [6, 6.07) is 6.93. The van der Waals surface area contributed by atoms with Gasteiger partial charge in [0, 0.05) is 32.5 Å². The first-order chi connectivity index (χ1) is 16.2. The van der Waals surface area contributed by atoms with Crippen LogP contribution in [-0.2, 0) is 16.0 Å². The Kier molecular flexibility index (Phi) is 14.2. The van der Waals surface area contributed by atoms with E-state index in [9.17, 15) is 23.5 Å². The lowest BCUT2D eigenvalue weighted by Gasteiger charge is -2.23. The third kappa shape index (κ3) is 13.3. The highest BCUT2D eigenvalue weighted by molar-refractivity contribution is 5.74. The minimum atomic E-state index is -2.65. The normalized spacial score (nSPS) is 12.3. The van der Waals surface area contributed by atoms with Crippen molar-refractivity contribution in [1.29, 1.82) is 0 Å². The summed E-state index contributed by atoms with van der Waals surface area (Å²) in [4.78, 5) is 25.4. The first kappa shape index (κ1) is 29.6. The molecule has 1 atom stereocenters. The molecule has 34 heavy (non-hydrogen) atoms. The van der Waals surface area contributed by atoms with Crippen LogP contribution in [0.25, 0.3) is 0 Å². The minimum Gasteiger partial charge on any atom is -0.492 e. The number of ether oxygens (including phenoxy) is 2. The van der Waals surface area contributed by atoms with Crippen molar-refractivity contribution in [3.05, 3.63) is 29.8 Å². The third-order valence-corrected chi connectivity index (χ3v) is 5.26. The summed E-state index contributed by atoms with van der Waals surface area (Å²) in [5, 5.41) is 12.1. The molecule has 0 bridgehead atoms. The van der Waals surface area contributed by atoms with E-state index in [-0.39, 0.29) is 25.5 Å². The number of hydrogen-bond donors (Lipinski definition) is 2. The molecule has 0 radical (unpaired) electrons. The number of halogens is 2. The number of benzene rings is 1. The Balaban J connectivity index is 2.53. The van der Waals surface area contributed by atoms with E-state index < -0.39 is 18.0 Å². The Labute approximate surface area is 201 Å². The standard InChI is InChI=1S/C25H40F2N2O5/c1-4-6-15-28-24(32)29(16-9-7-8-14-25(3,26)27)17-18-34-21-12-10-20(11-13-21)19-22(23(30)31)33-5-2/h10-13,22H,4-9,14-19H2,1-3H3,(H,28,32)(H,30,31). The molecule has 9 heteroatoms. The molecule has 2 amide bonds. The van der Waals surface area contributed by atoms with Gasteiger partial charge in [0.05, 0.1) is 6.54 Å². The third-order valence-electron chi connectivity index (χ3n) is 5.26. The molecule has 7 nitrogen and oxygen atoms in total. The van der Waals surface area contributed by atoms with E-state index in [1.807, 2.05) is 6.92 Å². The summed E-state index contributed by atoms with van der Waals surface area (Å²) < 4.78 is 37.0. The van der Waals surface area contributed by atoms with Gasteiger partial charge in [-0.05, 0) is 50.8 Å². The lowest BCUT2D eigenvalue weighted by atomic mass is 10.1. The summed E-state index contributed by atoms with van der Waals surface area (Å²) in [5.74, 6) is -3.04. The zero-order valence-electron chi connectivity index (χ0n) is 20.7. The number of nitrogens with zero attached hydrogens (tertiary/aromatic N) is 1. The maximum absolute atomic E-state index is 13.0. The van der Waals surface area contributed by atoms with E-state index >= 15 is 0 Å². The number of alkyl halides is 2. The number of rotatable bonds is 18. The number of aliphatic carboxylic acids is 1. The van der Waals surface area contributed by atoms with Gasteiger partial charge < -0.3 is 24.8 Å². The lowest BCUT2D eigenvalue weighted by Crippen LogP contribution is -2.43. The Morgan fingerprint density at radius 3 is 2.38 bits per heavy atom. The van der Waals surface area contributed by atoms with E-state index in [4.69, 9.17) is 9.47 Å². The predicted molar refractivity (Wildman–Crippen MR) is 128 cm³/mol. The number of nitrogens with one attached hydrogen (secondary N) is 1. The predicted octanol–water partition coefficient (Wildman–Crippen LogP) is 5.12. The van der Waals surface area contributed by atoms with Crippen molar-refractivity contribution in [3.63, 3.8) is 0 Å². The highest BCUT2D eigenvalue weighted by Gasteiger charge is 2.20. The van der Waals surface area contributed by atoms with Crippen molar-refractivity contribution in [2.45, 2.75) is 77.7 Å². The van der Waals surface area contributed by atoms with Crippen LogP contribution < -0.4 is 10.1 Å². The van der Waals surface area contributed by atoms with E-state index in [1.54, 1.807) is 36.1 Å². The average molecular weight is 487 g/mol. The van der Waals surface area contributed by atoms with Crippen LogP contribution in [0.1, 0.15) is 64.9 Å². The SMILES string of the molecule is CCCCNC(=O)N(CCCCCC(C)(F)F)CCOc1ccc(CC(OCC)C(=O)O)cc1. The molecule has 1 rings (SSSR count). The second kappa shape index (κ2) is 16.2. The van der Waals surface area contributed by atoms with Crippen molar-refractivity contribution >= 4 is 12.0 Å². The van der Waals surface area contributed by atoms with E-state index in [1.165, 1.54) is 0 Å². The van der Waals surface area contributed by atoms with E-state index in [0.717, 1.165) is 25.3 Å².